The standard InChI is InChI=1S/C26H33NO6S/c1-15(2)9-10-19-12-17(4)22(34-19)13-18(5)24(29)23-20(28)14-21(33-25(23)30)16(3)8-6-7-11-27-26(31)32/h7,11-16,27-28H,6,8-10H2,1-5H3,(H,31,32)/b11-7?,18-13+. The van der Waals surface area contributed by atoms with Gasteiger partial charge >= 0.3 is 11.7 Å². The van der Waals surface area contributed by atoms with Crippen molar-refractivity contribution in [3.63, 3.8) is 0 Å². The predicted molar refractivity (Wildman–Crippen MR) is 135 cm³/mol. The third kappa shape index (κ3) is 7.73. The summed E-state index contributed by atoms with van der Waals surface area (Å²) in [4.78, 5) is 38.2. The second-order valence-corrected chi connectivity index (χ2v) is 10.0. The Morgan fingerprint density at radius 1 is 1.21 bits per heavy atom. The van der Waals surface area contributed by atoms with E-state index in [1.54, 1.807) is 30.4 Å². The summed E-state index contributed by atoms with van der Waals surface area (Å²) in [6.45, 7) is 9.81. The summed E-state index contributed by atoms with van der Waals surface area (Å²) in [5, 5.41) is 21.1. The Balaban J connectivity index is 2.16. The van der Waals surface area contributed by atoms with E-state index in [4.69, 9.17) is 9.52 Å². The summed E-state index contributed by atoms with van der Waals surface area (Å²) in [6.07, 6.45) is 6.75. The van der Waals surface area contributed by atoms with Crippen molar-refractivity contribution in [3.8, 4) is 5.75 Å². The number of hydrogen-bond donors (Lipinski definition) is 3. The van der Waals surface area contributed by atoms with E-state index in [0.717, 1.165) is 23.3 Å². The monoisotopic (exact) mass is 487 g/mol. The molecule has 2 aromatic heterocycles. The van der Waals surface area contributed by atoms with Crippen molar-refractivity contribution in [2.24, 2.45) is 5.92 Å². The van der Waals surface area contributed by atoms with Crippen molar-refractivity contribution in [3.05, 3.63) is 67.0 Å². The lowest BCUT2D eigenvalue weighted by molar-refractivity contribution is 0.102. The molecule has 34 heavy (non-hydrogen) atoms. The number of thiophene rings is 1. The lowest BCUT2D eigenvalue weighted by atomic mass is 9.99. The number of hydrogen-bond acceptors (Lipinski definition) is 6. The molecule has 8 heteroatoms. The van der Waals surface area contributed by atoms with Gasteiger partial charge in [-0.25, -0.2) is 9.59 Å². The van der Waals surface area contributed by atoms with Crippen LogP contribution >= 0.6 is 11.3 Å². The van der Waals surface area contributed by atoms with E-state index in [0.29, 0.717) is 24.3 Å². The Morgan fingerprint density at radius 2 is 1.91 bits per heavy atom. The van der Waals surface area contributed by atoms with Gasteiger partial charge in [0.05, 0.1) is 0 Å². The van der Waals surface area contributed by atoms with E-state index < -0.39 is 23.3 Å². The Kier molecular flexibility index (Phi) is 9.86. The van der Waals surface area contributed by atoms with Crippen LogP contribution in [-0.4, -0.2) is 22.1 Å². The molecule has 0 saturated carbocycles. The summed E-state index contributed by atoms with van der Waals surface area (Å²) in [5.74, 6) is -0.303. The molecule has 2 heterocycles. The van der Waals surface area contributed by atoms with Crippen LogP contribution in [0.15, 0.2) is 39.2 Å². The van der Waals surface area contributed by atoms with Gasteiger partial charge in [-0.05, 0) is 68.7 Å². The zero-order chi connectivity index (χ0) is 25.4. The minimum atomic E-state index is -1.15. The van der Waals surface area contributed by atoms with Crippen LogP contribution in [0.3, 0.4) is 0 Å². The first kappa shape index (κ1) is 27.1. The van der Waals surface area contributed by atoms with Crippen LogP contribution in [0.2, 0.25) is 0 Å². The fourth-order valence-electron chi connectivity index (χ4n) is 3.37. The summed E-state index contributed by atoms with van der Waals surface area (Å²) in [6, 6.07) is 3.44. The highest BCUT2D eigenvalue weighted by Crippen LogP contribution is 2.29. The predicted octanol–water partition coefficient (Wildman–Crippen LogP) is 6.26. The van der Waals surface area contributed by atoms with Crippen LogP contribution in [-0.2, 0) is 6.42 Å². The Morgan fingerprint density at radius 3 is 2.53 bits per heavy atom. The zero-order valence-electron chi connectivity index (χ0n) is 20.3. The third-order valence-corrected chi connectivity index (χ3v) is 6.68. The number of carbonyl (C=O) groups is 2. The van der Waals surface area contributed by atoms with Crippen molar-refractivity contribution in [1.29, 1.82) is 0 Å². The minimum Gasteiger partial charge on any atom is -0.507 e. The molecule has 2 aromatic rings. The van der Waals surface area contributed by atoms with Crippen molar-refractivity contribution >= 4 is 29.3 Å². The highest BCUT2D eigenvalue weighted by Gasteiger charge is 2.22. The van der Waals surface area contributed by atoms with Gasteiger partial charge in [0.25, 0.3) is 0 Å². The van der Waals surface area contributed by atoms with Crippen LogP contribution < -0.4 is 10.9 Å². The Labute approximate surface area is 203 Å². The molecule has 1 atom stereocenters. The Hall–Kier alpha value is -3.13. The van der Waals surface area contributed by atoms with Gasteiger partial charge in [0.2, 0.25) is 0 Å². The van der Waals surface area contributed by atoms with E-state index in [9.17, 15) is 19.5 Å². The van der Waals surface area contributed by atoms with E-state index >= 15 is 0 Å². The Bertz CT molecular complexity index is 1140. The quantitative estimate of drug-likeness (QED) is 0.255. The number of allylic oxidation sites excluding steroid dienone is 2. The average molecular weight is 488 g/mol. The highest BCUT2D eigenvalue weighted by molar-refractivity contribution is 7.13. The van der Waals surface area contributed by atoms with Crippen LogP contribution in [0.25, 0.3) is 6.08 Å². The second-order valence-electron chi connectivity index (χ2n) is 8.88. The molecule has 184 valence electrons. The van der Waals surface area contributed by atoms with Crippen molar-refractivity contribution < 1.29 is 24.2 Å². The van der Waals surface area contributed by atoms with Gasteiger partial charge in [0.15, 0.2) is 5.78 Å². The number of carbonyl (C=O) groups excluding carboxylic acids is 1. The van der Waals surface area contributed by atoms with Crippen LogP contribution in [0.5, 0.6) is 5.75 Å². The second kappa shape index (κ2) is 12.4. The van der Waals surface area contributed by atoms with Crippen molar-refractivity contribution in [2.45, 2.75) is 66.2 Å². The van der Waals surface area contributed by atoms with E-state index in [1.807, 2.05) is 13.8 Å². The van der Waals surface area contributed by atoms with Gasteiger partial charge in [0, 0.05) is 27.9 Å². The fourth-order valence-corrected chi connectivity index (χ4v) is 4.57. The first-order valence-corrected chi connectivity index (χ1v) is 12.1. The number of nitrogens with one attached hydrogen (secondary N) is 1. The molecule has 0 aliphatic heterocycles. The lowest BCUT2D eigenvalue weighted by Gasteiger charge is -2.11. The van der Waals surface area contributed by atoms with Crippen molar-refractivity contribution in [2.75, 3.05) is 0 Å². The van der Waals surface area contributed by atoms with Gasteiger partial charge in [0.1, 0.15) is 17.1 Å². The summed E-state index contributed by atoms with van der Waals surface area (Å²) in [5.41, 5.74) is 0.177. The number of carboxylic acid groups (broad SMARTS) is 1. The SMILES string of the molecule is C/C(=C\c1sc(CCC(C)C)cc1C)C(=O)c1c(O)cc(C(C)CCC=CNC(=O)O)oc1=O. The molecular formula is C26H33NO6S. The molecule has 0 spiro atoms. The molecule has 0 saturated heterocycles. The van der Waals surface area contributed by atoms with Gasteiger partial charge in [-0.15, -0.1) is 11.3 Å². The maximum absolute atomic E-state index is 13.0. The van der Waals surface area contributed by atoms with Crippen molar-refractivity contribution in [1.82, 2.24) is 5.32 Å². The number of aryl methyl sites for hydroxylation is 2. The number of Topliss-reactive ketones (excluding diaryl/α,β-unsaturated/α-hetero) is 1. The fraction of sp³-hybridized carbons (Fsp3) is 0.423. The molecule has 0 aromatic carbocycles. The first-order chi connectivity index (χ1) is 16.0. The lowest BCUT2D eigenvalue weighted by Crippen LogP contribution is -2.16. The molecule has 0 bridgehead atoms. The number of ketones is 1. The van der Waals surface area contributed by atoms with E-state index in [-0.39, 0.29) is 17.2 Å². The maximum Gasteiger partial charge on any atom is 0.408 e. The molecule has 0 aliphatic carbocycles. The summed E-state index contributed by atoms with van der Waals surface area (Å²) >= 11 is 1.63. The average Bonchev–Trinajstić information content (AvgIpc) is 3.10. The normalized spacial score (nSPS) is 12.9. The summed E-state index contributed by atoms with van der Waals surface area (Å²) < 4.78 is 5.36. The van der Waals surface area contributed by atoms with Crippen LogP contribution in [0, 0.1) is 12.8 Å². The van der Waals surface area contributed by atoms with Gasteiger partial charge in [-0.3, -0.25) is 10.1 Å². The van der Waals surface area contributed by atoms with E-state index in [1.165, 1.54) is 17.1 Å². The number of rotatable bonds is 11. The van der Waals surface area contributed by atoms with Crippen LogP contribution in [0.1, 0.15) is 84.3 Å². The number of amides is 1. The van der Waals surface area contributed by atoms with Crippen LogP contribution in [0.4, 0.5) is 4.79 Å². The molecular weight excluding hydrogens is 454 g/mol. The first-order valence-electron chi connectivity index (χ1n) is 11.3. The third-order valence-electron chi connectivity index (χ3n) is 5.43. The maximum atomic E-state index is 13.0. The van der Waals surface area contributed by atoms with Gasteiger partial charge < -0.3 is 14.6 Å². The molecule has 0 aliphatic rings. The molecule has 2 rings (SSSR count). The zero-order valence-corrected chi connectivity index (χ0v) is 21.1. The molecule has 7 nitrogen and oxygen atoms in total. The highest BCUT2D eigenvalue weighted by atomic mass is 32.1. The molecule has 3 N–H and O–H groups in total. The smallest absolute Gasteiger partial charge is 0.408 e. The van der Waals surface area contributed by atoms with Gasteiger partial charge in [-0.1, -0.05) is 26.8 Å². The molecule has 1 amide bonds. The largest absolute Gasteiger partial charge is 0.507 e. The molecule has 0 radical (unpaired) electrons. The van der Waals surface area contributed by atoms with E-state index in [2.05, 4.69) is 25.2 Å². The molecule has 0 fully saturated rings. The minimum absolute atomic E-state index is 0.216. The molecule has 1 unspecified atom stereocenters. The topological polar surface area (TPSA) is 117 Å². The number of aromatic hydroxyl groups is 1. The van der Waals surface area contributed by atoms with Gasteiger partial charge in [-0.2, -0.15) is 0 Å². The summed E-state index contributed by atoms with van der Waals surface area (Å²) in [7, 11) is 0.